The van der Waals surface area contributed by atoms with Crippen LogP contribution in [0.4, 0.5) is 0 Å². The van der Waals surface area contributed by atoms with Gasteiger partial charge in [-0.3, -0.25) is 4.79 Å². The number of nitrogens with zero attached hydrogens (tertiary/aromatic N) is 1. The van der Waals surface area contributed by atoms with Gasteiger partial charge in [-0.15, -0.1) is 11.3 Å². The zero-order valence-corrected chi connectivity index (χ0v) is 13.0. The zero-order valence-electron chi connectivity index (χ0n) is 9.80. The molecule has 5 heteroatoms. The summed E-state index contributed by atoms with van der Waals surface area (Å²) in [7, 11) is 1.80. The van der Waals surface area contributed by atoms with Crippen LogP contribution in [0.15, 0.2) is 5.38 Å². The van der Waals surface area contributed by atoms with Crippen molar-refractivity contribution in [1.82, 2.24) is 4.90 Å². The van der Waals surface area contributed by atoms with Gasteiger partial charge >= 0.3 is 0 Å². The Morgan fingerprint density at radius 1 is 1.62 bits per heavy atom. The number of hydrogen-bond acceptors (Lipinski definition) is 2. The molecule has 0 saturated carbocycles. The monoisotopic (exact) mass is 323 g/mol. The van der Waals surface area contributed by atoms with Gasteiger partial charge in [0.15, 0.2) is 0 Å². The molecule has 0 atom stereocenters. The van der Waals surface area contributed by atoms with Crippen LogP contribution in [-0.2, 0) is 0 Å². The van der Waals surface area contributed by atoms with Gasteiger partial charge in [-0.05, 0) is 31.7 Å². The SMILES string of the molecule is Cc1csc(C(=O)N(C)C(C)(C)CBr)c1Cl. The van der Waals surface area contributed by atoms with Crippen molar-refractivity contribution in [2.45, 2.75) is 26.3 Å². The molecule has 0 aliphatic heterocycles. The first kappa shape index (κ1) is 14.0. The van der Waals surface area contributed by atoms with E-state index in [0.29, 0.717) is 9.90 Å². The van der Waals surface area contributed by atoms with Crippen molar-refractivity contribution in [1.29, 1.82) is 0 Å². The average Bonchev–Trinajstić information content (AvgIpc) is 2.58. The van der Waals surface area contributed by atoms with Gasteiger partial charge in [-0.25, -0.2) is 0 Å². The molecule has 0 aromatic carbocycles. The van der Waals surface area contributed by atoms with E-state index < -0.39 is 0 Å². The number of rotatable bonds is 3. The molecule has 0 saturated heterocycles. The van der Waals surface area contributed by atoms with Gasteiger partial charge in [-0.1, -0.05) is 27.5 Å². The average molecular weight is 325 g/mol. The van der Waals surface area contributed by atoms with Crippen LogP contribution in [0.5, 0.6) is 0 Å². The van der Waals surface area contributed by atoms with Crippen LogP contribution in [0, 0.1) is 6.92 Å². The normalized spacial score (nSPS) is 11.6. The van der Waals surface area contributed by atoms with Gasteiger partial charge in [0.25, 0.3) is 5.91 Å². The second-order valence-corrected chi connectivity index (χ2v) is 6.19. The van der Waals surface area contributed by atoms with Gasteiger partial charge < -0.3 is 4.90 Å². The van der Waals surface area contributed by atoms with E-state index >= 15 is 0 Å². The summed E-state index contributed by atoms with van der Waals surface area (Å²) in [6.45, 7) is 5.92. The lowest BCUT2D eigenvalue weighted by Gasteiger charge is -2.33. The molecule has 0 radical (unpaired) electrons. The van der Waals surface area contributed by atoms with Gasteiger partial charge in [0, 0.05) is 17.9 Å². The Morgan fingerprint density at radius 3 is 2.56 bits per heavy atom. The van der Waals surface area contributed by atoms with Crippen LogP contribution in [0.25, 0.3) is 0 Å². The minimum atomic E-state index is -0.224. The first-order valence-electron chi connectivity index (χ1n) is 4.89. The van der Waals surface area contributed by atoms with Crippen molar-refractivity contribution in [3.8, 4) is 0 Å². The van der Waals surface area contributed by atoms with E-state index in [0.717, 1.165) is 10.9 Å². The molecule has 0 unspecified atom stereocenters. The number of carbonyl (C=O) groups excluding carboxylic acids is 1. The molecule has 90 valence electrons. The number of alkyl halides is 1. The predicted molar refractivity (Wildman–Crippen MR) is 74.0 cm³/mol. The van der Waals surface area contributed by atoms with Crippen molar-refractivity contribution < 1.29 is 4.79 Å². The maximum Gasteiger partial charge on any atom is 0.265 e. The first-order valence-corrected chi connectivity index (χ1v) is 7.27. The van der Waals surface area contributed by atoms with Crippen molar-refractivity contribution in [3.05, 3.63) is 20.8 Å². The lowest BCUT2D eigenvalue weighted by molar-refractivity contribution is 0.0669. The van der Waals surface area contributed by atoms with E-state index in [2.05, 4.69) is 15.9 Å². The third-order valence-electron chi connectivity index (χ3n) is 2.63. The lowest BCUT2D eigenvalue weighted by Crippen LogP contribution is -2.46. The number of aryl methyl sites for hydroxylation is 1. The molecule has 0 aliphatic rings. The van der Waals surface area contributed by atoms with Crippen molar-refractivity contribution in [2.75, 3.05) is 12.4 Å². The molecule has 1 amide bonds. The first-order chi connectivity index (χ1) is 7.31. The number of thiophene rings is 1. The highest BCUT2D eigenvalue weighted by atomic mass is 79.9. The Labute approximate surface area is 114 Å². The Morgan fingerprint density at radius 2 is 2.19 bits per heavy atom. The second kappa shape index (κ2) is 5.07. The molecule has 0 N–H and O–H groups in total. The van der Waals surface area contributed by atoms with Crippen LogP contribution in [0.3, 0.4) is 0 Å². The molecular formula is C11H15BrClNOS. The van der Waals surface area contributed by atoms with E-state index in [4.69, 9.17) is 11.6 Å². The van der Waals surface area contributed by atoms with Crippen molar-refractivity contribution in [2.24, 2.45) is 0 Å². The number of amides is 1. The largest absolute Gasteiger partial charge is 0.335 e. The summed E-state index contributed by atoms with van der Waals surface area (Å²) in [6, 6.07) is 0. The third-order valence-corrected chi connectivity index (χ3v) is 5.69. The summed E-state index contributed by atoms with van der Waals surface area (Å²) in [4.78, 5) is 14.6. The molecule has 1 heterocycles. The fraction of sp³-hybridized carbons (Fsp3) is 0.545. The van der Waals surface area contributed by atoms with Gasteiger partial charge in [-0.2, -0.15) is 0 Å². The number of halogens is 2. The molecule has 0 bridgehead atoms. The highest BCUT2D eigenvalue weighted by molar-refractivity contribution is 9.09. The van der Waals surface area contributed by atoms with E-state index in [1.165, 1.54) is 11.3 Å². The Bertz CT molecular complexity index is 403. The maximum absolute atomic E-state index is 12.2. The molecule has 16 heavy (non-hydrogen) atoms. The van der Waals surface area contributed by atoms with E-state index in [-0.39, 0.29) is 11.4 Å². The van der Waals surface area contributed by atoms with Crippen molar-refractivity contribution >= 4 is 44.8 Å². The Hall–Kier alpha value is -0.0600. The molecule has 1 aromatic rings. The second-order valence-electron chi connectivity index (χ2n) is 4.37. The molecule has 0 fully saturated rings. The third kappa shape index (κ3) is 2.60. The zero-order chi connectivity index (χ0) is 12.5. The highest BCUT2D eigenvalue weighted by Crippen LogP contribution is 2.30. The van der Waals surface area contributed by atoms with Crippen LogP contribution >= 0.6 is 38.9 Å². The van der Waals surface area contributed by atoms with E-state index in [9.17, 15) is 4.79 Å². The fourth-order valence-corrected chi connectivity index (χ4v) is 2.72. The predicted octanol–water partition coefficient (Wildman–Crippen LogP) is 3.96. The smallest absolute Gasteiger partial charge is 0.265 e. The van der Waals surface area contributed by atoms with Gasteiger partial charge in [0.2, 0.25) is 0 Å². The summed E-state index contributed by atoms with van der Waals surface area (Å²) < 4.78 is 0. The summed E-state index contributed by atoms with van der Waals surface area (Å²) in [5.41, 5.74) is 0.734. The molecule has 1 aromatic heterocycles. The van der Waals surface area contributed by atoms with E-state index in [1.807, 2.05) is 26.2 Å². The molecule has 0 aliphatic carbocycles. The van der Waals surface area contributed by atoms with Crippen LogP contribution < -0.4 is 0 Å². The minimum absolute atomic E-state index is 0.0208. The minimum Gasteiger partial charge on any atom is -0.335 e. The molecule has 1 rings (SSSR count). The van der Waals surface area contributed by atoms with Crippen LogP contribution in [0.1, 0.15) is 29.1 Å². The molecule has 2 nitrogen and oxygen atoms in total. The standard InChI is InChI=1S/C11H15BrClNOS/c1-7-5-16-9(8(7)13)10(15)14(4)11(2,3)6-12/h5H,6H2,1-4H3. The highest BCUT2D eigenvalue weighted by Gasteiger charge is 2.29. The van der Waals surface area contributed by atoms with E-state index in [1.54, 1.807) is 11.9 Å². The maximum atomic E-state index is 12.2. The Kier molecular flexibility index (Phi) is 4.43. The summed E-state index contributed by atoms with van der Waals surface area (Å²) in [6.07, 6.45) is 0. The summed E-state index contributed by atoms with van der Waals surface area (Å²) >= 11 is 10.9. The number of hydrogen-bond donors (Lipinski definition) is 0. The van der Waals surface area contributed by atoms with Crippen LogP contribution in [-0.4, -0.2) is 28.7 Å². The molecule has 0 spiro atoms. The topological polar surface area (TPSA) is 20.3 Å². The summed E-state index contributed by atoms with van der Waals surface area (Å²) in [5, 5.41) is 3.21. The number of carbonyl (C=O) groups is 1. The Balaban J connectivity index is 2.99. The molecular weight excluding hydrogens is 310 g/mol. The van der Waals surface area contributed by atoms with Crippen LogP contribution in [0.2, 0.25) is 5.02 Å². The summed E-state index contributed by atoms with van der Waals surface area (Å²) in [5.74, 6) is -0.0208. The van der Waals surface area contributed by atoms with Gasteiger partial charge in [0.1, 0.15) is 4.88 Å². The lowest BCUT2D eigenvalue weighted by atomic mass is 10.1. The van der Waals surface area contributed by atoms with Crippen molar-refractivity contribution in [3.63, 3.8) is 0 Å². The quantitative estimate of drug-likeness (QED) is 0.771. The fourth-order valence-electron chi connectivity index (χ4n) is 1.09. The van der Waals surface area contributed by atoms with Gasteiger partial charge in [0.05, 0.1) is 5.02 Å².